The number of aliphatic hydroxyl groups is 2. The topological polar surface area (TPSA) is 40.5 Å². The molecule has 0 heterocycles. The molecule has 0 aliphatic heterocycles. The van der Waals surface area contributed by atoms with Crippen LogP contribution < -0.4 is 0 Å². The van der Waals surface area contributed by atoms with Crippen molar-refractivity contribution in [3.8, 4) is 0 Å². The normalized spacial score (nSPS) is 30.8. The van der Waals surface area contributed by atoms with E-state index in [1.54, 1.807) is 0 Å². The lowest BCUT2D eigenvalue weighted by Crippen LogP contribution is -2.65. The fourth-order valence-electron chi connectivity index (χ4n) is 6.83. The molecule has 2 nitrogen and oxygen atoms in total. The Morgan fingerprint density at radius 2 is 0.944 bits per heavy atom. The zero-order chi connectivity index (χ0) is 28.0. The smallest absolute Gasteiger partial charge is 0.0988 e. The summed E-state index contributed by atoms with van der Waals surface area (Å²) in [7, 11) is 0. The summed E-state index contributed by atoms with van der Waals surface area (Å²) in [5.74, 6) is -0.634. The summed E-state index contributed by atoms with van der Waals surface area (Å²) in [5.41, 5.74) is -0.940. The van der Waals surface area contributed by atoms with Gasteiger partial charge in [-0.05, 0) is 45.6 Å². The quantitative estimate of drug-likeness (QED) is 0.315. The summed E-state index contributed by atoms with van der Waals surface area (Å²) < 4.78 is 0. The van der Waals surface area contributed by atoms with Crippen LogP contribution in [-0.4, -0.2) is 21.4 Å². The first kappa shape index (κ1) is 31.1. The van der Waals surface area contributed by atoms with Gasteiger partial charge in [0.15, 0.2) is 0 Å². The van der Waals surface area contributed by atoms with E-state index in [4.69, 9.17) is 0 Å². The minimum absolute atomic E-state index is 0.109. The Kier molecular flexibility index (Phi) is 8.82. The first-order chi connectivity index (χ1) is 16.3. The van der Waals surface area contributed by atoms with Crippen LogP contribution in [0, 0.1) is 39.4 Å². The molecule has 4 atom stereocenters. The van der Waals surface area contributed by atoms with Gasteiger partial charge in [-0.1, -0.05) is 139 Å². The highest BCUT2D eigenvalue weighted by molar-refractivity contribution is 5.44. The Labute approximate surface area is 224 Å². The van der Waals surface area contributed by atoms with Gasteiger partial charge in [-0.2, -0.15) is 0 Å². The zero-order valence-corrected chi connectivity index (χ0v) is 25.9. The van der Waals surface area contributed by atoms with Gasteiger partial charge in [0.1, 0.15) is 0 Å². The van der Waals surface area contributed by atoms with Crippen molar-refractivity contribution in [1.82, 2.24) is 0 Å². The standard InChI is InChI=1S/C34H58O2/c1-14-29(6,7)25-20-18-21-26(30(8,9)15-2)33(25,35)24(5)34(36)27(31(10,11)16-3)22-19-23-28(34)32(12,13)17-4/h18-25,27,35-36H,14-17H2,1-13H3. The predicted octanol–water partition coefficient (Wildman–Crippen LogP) is 9.05. The number of rotatable bonds is 10. The van der Waals surface area contributed by atoms with Gasteiger partial charge in [0, 0.05) is 17.8 Å². The van der Waals surface area contributed by atoms with E-state index in [-0.39, 0.29) is 33.5 Å². The van der Waals surface area contributed by atoms with Crippen LogP contribution >= 0.6 is 0 Å². The van der Waals surface area contributed by atoms with Crippen LogP contribution in [0.5, 0.6) is 0 Å². The lowest BCUT2D eigenvalue weighted by atomic mass is 9.47. The zero-order valence-electron chi connectivity index (χ0n) is 25.9. The molecule has 4 unspecified atom stereocenters. The first-order valence-electron chi connectivity index (χ1n) is 14.6. The van der Waals surface area contributed by atoms with E-state index in [0.717, 1.165) is 36.8 Å². The summed E-state index contributed by atoms with van der Waals surface area (Å²) in [6, 6.07) is 0. The van der Waals surface area contributed by atoms with Gasteiger partial charge in [0.25, 0.3) is 0 Å². The molecular formula is C34H58O2. The summed E-state index contributed by atoms with van der Waals surface area (Å²) >= 11 is 0. The van der Waals surface area contributed by atoms with E-state index >= 15 is 0 Å². The molecule has 2 aliphatic rings. The average molecular weight is 499 g/mol. The molecule has 0 aromatic rings. The molecule has 0 fully saturated rings. The second-order valence-electron chi connectivity index (χ2n) is 14.4. The van der Waals surface area contributed by atoms with E-state index in [2.05, 4.69) is 126 Å². The number of allylic oxidation sites excluding steroid dienone is 4. The van der Waals surface area contributed by atoms with Crippen molar-refractivity contribution in [2.75, 3.05) is 0 Å². The highest BCUT2D eigenvalue weighted by Crippen LogP contribution is 2.61. The molecular weight excluding hydrogens is 440 g/mol. The van der Waals surface area contributed by atoms with Gasteiger partial charge in [0.05, 0.1) is 11.2 Å². The third kappa shape index (κ3) is 4.86. The van der Waals surface area contributed by atoms with Gasteiger partial charge in [-0.3, -0.25) is 0 Å². The Hall–Kier alpha value is -1.12. The maximum Gasteiger partial charge on any atom is 0.0988 e. The van der Waals surface area contributed by atoms with Crippen LogP contribution in [0.4, 0.5) is 0 Å². The molecule has 0 radical (unpaired) electrons. The van der Waals surface area contributed by atoms with Crippen LogP contribution in [-0.2, 0) is 0 Å². The van der Waals surface area contributed by atoms with E-state index < -0.39 is 17.1 Å². The molecule has 0 amide bonds. The summed E-state index contributed by atoms with van der Waals surface area (Å²) in [4.78, 5) is 0. The SMILES string of the molecule is CCC(C)(C)C1=CC=CC(C(C)(C)CC)C1(O)C(C)C1(O)C(C(C)(C)CC)=CC=CC1C(C)(C)CC. The largest absolute Gasteiger partial charge is 0.384 e. The fourth-order valence-corrected chi connectivity index (χ4v) is 6.83. The molecule has 0 aromatic heterocycles. The molecule has 0 spiro atoms. The lowest BCUT2D eigenvalue weighted by Gasteiger charge is -2.60. The highest BCUT2D eigenvalue weighted by atomic mass is 16.3. The van der Waals surface area contributed by atoms with Gasteiger partial charge >= 0.3 is 0 Å². The van der Waals surface area contributed by atoms with Crippen LogP contribution in [0.1, 0.15) is 116 Å². The lowest BCUT2D eigenvalue weighted by molar-refractivity contribution is -0.162. The van der Waals surface area contributed by atoms with Crippen LogP contribution in [0.25, 0.3) is 0 Å². The highest BCUT2D eigenvalue weighted by Gasteiger charge is 2.63. The van der Waals surface area contributed by atoms with Crippen molar-refractivity contribution in [3.05, 3.63) is 47.6 Å². The molecule has 0 saturated heterocycles. The molecule has 2 rings (SSSR count). The summed E-state index contributed by atoms with van der Waals surface area (Å²) in [5, 5.41) is 26.6. The van der Waals surface area contributed by atoms with Gasteiger partial charge in [-0.15, -0.1) is 0 Å². The minimum atomic E-state index is -1.20. The molecule has 2 N–H and O–H groups in total. The van der Waals surface area contributed by atoms with E-state index in [1.165, 1.54) is 0 Å². The van der Waals surface area contributed by atoms with Gasteiger partial charge in [0.2, 0.25) is 0 Å². The predicted molar refractivity (Wildman–Crippen MR) is 157 cm³/mol. The van der Waals surface area contributed by atoms with Crippen molar-refractivity contribution >= 4 is 0 Å². The Morgan fingerprint density at radius 1 is 0.639 bits per heavy atom. The van der Waals surface area contributed by atoms with Crippen molar-refractivity contribution in [1.29, 1.82) is 0 Å². The molecule has 206 valence electrons. The Morgan fingerprint density at radius 3 is 1.19 bits per heavy atom. The van der Waals surface area contributed by atoms with Gasteiger partial charge in [-0.25, -0.2) is 0 Å². The third-order valence-electron chi connectivity index (χ3n) is 11.0. The van der Waals surface area contributed by atoms with Crippen LogP contribution in [0.15, 0.2) is 47.6 Å². The second kappa shape index (κ2) is 10.2. The van der Waals surface area contributed by atoms with E-state index in [9.17, 15) is 10.2 Å². The minimum Gasteiger partial charge on any atom is -0.384 e. The summed E-state index contributed by atoms with van der Waals surface area (Å²) in [6.07, 6.45) is 16.8. The van der Waals surface area contributed by atoms with Crippen molar-refractivity contribution in [3.63, 3.8) is 0 Å². The maximum absolute atomic E-state index is 13.3. The molecule has 2 heteroatoms. The number of hydrogen-bond acceptors (Lipinski definition) is 2. The second-order valence-corrected chi connectivity index (χ2v) is 14.4. The first-order valence-corrected chi connectivity index (χ1v) is 14.6. The fraction of sp³-hybridized carbons (Fsp3) is 0.765. The molecule has 36 heavy (non-hydrogen) atoms. The van der Waals surface area contributed by atoms with E-state index in [0.29, 0.717) is 0 Å². The molecule has 0 aromatic carbocycles. The van der Waals surface area contributed by atoms with Crippen LogP contribution in [0.3, 0.4) is 0 Å². The average Bonchev–Trinajstić information content (AvgIpc) is 2.82. The molecule has 0 bridgehead atoms. The van der Waals surface area contributed by atoms with Gasteiger partial charge < -0.3 is 10.2 Å². The Bertz CT molecular complexity index is 835. The van der Waals surface area contributed by atoms with Crippen molar-refractivity contribution < 1.29 is 10.2 Å². The summed E-state index contributed by atoms with van der Waals surface area (Å²) in [6.45, 7) is 29.0. The maximum atomic E-state index is 13.3. The van der Waals surface area contributed by atoms with Crippen LogP contribution in [0.2, 0.25) is 0 Å². The van der Waals surface area contributed by atoms with E-state index in [1.807, 2.05) is 0 Å². The van der Waals surface area contributed by atoms with Crippen molar-refractivity contribution in [2.45, 2.75) is 127 Å². The Balaban J connectivity index is 2.96. The molecule has 0 saturated carbocycles. The van der Waals surface area contributed by atoms with Crippen molar-refractivity contribution in [2.24, 2.45) is 39.4 Å². The molecule has 2 aliphatic carbocycles. The number of hydrogen-bond donors (Lipinski definition) is 2. The monoisotopic (exact) mass is 498 g/mol. The third-order valence-corrected chi connectivity index (χ3v) is 11.0.